The second-order valence-electron chi connectivity index (χ2n) is 3.52. The van der Waals surface area contributed by atoms with E-state index in [1.54, 1.807) is 14.0 Å². The summed E-state index contributed by atoms with van der Waals surface area (Å²) in [5.74, 6) is 0.425. The maximum Gasteiger partial charge on any atom is 0.322 e. The Morgan fingerprint density at radius 3 is 2.75 bits per heavy atom. The molecule has 88 valence electrons. The monoisotopic (exact) mass is 223 g/mol. The van der Waals surface area contributed by atoms with Crippen molar-refractivity contribution in [1.82, 2.24) is 0 Å². The number of nitrogens with two attached hydrogens (primary N) is 1. The van der Waals surface area contributed by atoms with E-state index in [0.29, 0.717) is 13.0 Å². The molecule has 4 heteroatoms. The molecule has 0 bridgehead atoms. The van der Waals surface area contributed by atoms with Crippen LogP contribution in [0.1, 0.15) is 12.5 Å². The summed E-state index contributed by atoms with van der Waals surface area (Å²) in [4.78, 5) is 11.1. The summed E-state index contributed by atoms with van der Waals surface area (Å²) in [6.45, 7) is 1.92. The van der Waals surface area contributed by atoms with Crippen LogP contribution in [0.25, 0.3) is 0 Å². The standard InChI is InChI=1S/C12H17NO3/c1-9(13)12(14)16-8-7-10-5-3-4-6-11(10)15-2/h3-6,9H,7-8,13H2,1-2H3. The molecule has 0 aliphatic heterocycles. The minimum absolute atomic E-state index is 0.320. The molecule has 0 saturated carbocycles. The summed E-state index contributed by atoms with van der Waals surface area (Å²) in [6, 6.07) is 7.07. The molecule has 0 radical (unpaired) electrons. The van der Waals surface area contributed by atoms with Gasteiger partial charge in [0.25, 0.3) is 0 Å². The van der Waals surface area contributed by atoms with E-state index in [4.69, 9.17) is 15.2 Å². The number of carbonyl (C=O) groups is 1. The highest BCUT2D eigenvalue weighted by atomic mass is 16.5. The number of hydrogen-bond acceptors (Lipinski definition) is 4. The summed E-state index contributed by atoms with van der Waals surface area (Å²) in [7, 11) is 1.62. The van der Waals surface area contributed by atoms with E-state index in [2.05, 4.69) is 0 Å². The van der Waals surface area contributed by atoms with Gasteiger partial charge >= 0.3 is 5.97 Å². The van der Waals surface area contributed by atoms with Crippen LogP contribution in [0.4, 0.5) is 0 Å². The van der Waals surface area contributed by atoms with Crippen molar-refractivity contribution >= 4 is 5.97 Å². The first-order chi connectivity index (χ1) is 7.65. The van der Waals surface area contributed by atoms with Crippen molar-refractivity contribution in [3.63, 3.8) is 0 Å². The molecule has 4 nitrogen and oxygen atoms in total. The Morgan fingerprint density at radius 1 is 1.44 bits per heavy atom. The predicted molar refractivity (Wildman–Crippen MR) is 61.3 cm³/mol. The highest BCUT2D eigenvalue weighted by Crippen LogP contribution is 2.17. The maximum atomic E-state index is 11.1. The van der Waals surface area contributed by atoms with Crippen molar-refractivity contribution in [3.8, 4) is 5.75 Å². The molecule has 1 aromatic rings. The molecule has 0 aliphatic carbocycles. The van der Waals surface area contributed by atoms with Crippen molar-refractivity contribution < 1.29 is 14.3 Å². The molecular weight excluding hydrogens is 206 g/mol. The van der Waals surface area contributed by atoms with Gasteiger partial charge < -0.3 is 15.2 Å². The average Bonchev–Trinajstić information content (AvgIpc) is 2.29. The van der Waals surface area contributed by atoms with Crippen LogP contribution in [0.15, 0.2) is 24.3 Å². The molecule has 0 spiro atoms. The third kappa shape index (κ3) is 3.55. The maximum absolute atomic E-state index is 11.1. The van der Waals surface area contributed by atoms with Crippen LogP contribution < -0.4 is 10.5 Å². The first-order valence-electron chi connectivity index (χ1n) is 5.19. The quantitative estimate of drug-likeness (QED) is 0.760. The molecule has 2 N–H and O–H groups in total. The molecule has 0 saturated heterocycles. The molecule has 0 aromatic heterocycles. The average molecular weight is 223 g/mol. The molecule has 0 heterocycles. The first kappa shape index (κ1) is 12.5. The fraction of sp³-hybridized carbons (Fsp3) is 0.417. The number of benzene rings is 1. The van der Waals surface area contributed by atoms with Gasteiger partial charge in [0.2, 0.25) is 0 Å². The Labute approximate surface area is 95.3 Å². The topological polar surface area (TPSA) is 61.5 Å². The van der Waals surface area contributed by atoms with Crippen LogP contribution in [-0.2, 0) is 16.0 Å². The predicted octanol–water partition coefficient (Wildman–Crippen LogP) is 1.13. The molecule has 16 heavy (non-hydrogen) atoms. The van der Waals surface area contributed by atoms with Crippen molar-refractivity contribution in [2.24, 2.45) is 5.73 Å². The molecule has 1 aromatic carbocycles. The van der Waals surface area contributed by atoms with E-state index in [0.717, 1.165) is 11.3 Å². The summed E-state index contributed by atoms with van der Waals surface area (Å²) in [5.41, 5.74) is 6.39. The smallest absolute Gasteiger partial charge is 0.322 e. The van der Waals surface area contributed by atoms with Gasteiger partial charge in [-0.05, 0) is 18.6 Å². The Hall–Kier alpha value is -1.55. The number of rotatable bonds is 5. The minimum Gasteiger partial charge on any atom is -0.496 e. The lowest BCUT2D eigenvalue weighted by Gasteiger charge is -2.09. The Kier molecular flexibility index (Phi) is 4.79. The molecule has 0 aliphatic rings. The number of hydrogen-bond donors (Lipinski definition) is 1. The molecule has 1 atom stereocenters. The molecule has 1 unspecified atom stereocenters. The number of para-hydroxylation sites is 1. The molecule has 1 rings (SSSR count). The highest BCUT2D eigenvalue weighted by Gasteiger charge is 2.09. The van der Waals surface area contributed by atoms with Gasteiger partial charge in [-0.15, -0.1) is 0 Å². The van der Waals surface area contributed by atoms with Gasteiger partial charge in [0.1, 0.15) is 11.8 Å². The summed E-state index contributed by atoms with van der Waals surface area (Å²) in [5, 5.41) is 0. The van der Waals surface area contributed by atoms with E-state index in [-0.39, 0.29) is 5.97 Å². The van der Waals surface area contributed by atoms with Gasteiger partial charge in [-0.3, -0.25) is 4.79 Å². The number of ether oxygens (including phenoxy) is 2. The Morgan fingerprint density at radius 2 is 2.12 bits per heavy atom. The number of esters is 1. The fourth-order valence-corrected chi connectivity index (χ4v) is 1.30. The Bertz CT molecular complexity index is 350. The first-order valence-corrected chi connectivity index (χ1v) is 5.19. The summed E-state index contributed by atoms with van der Waals surface area (Å²) in [6.07, 6.45) is 0.627. The lowest BCUT2D eigenvalue weighted by Crippen LogP contribution is -2.29. The Balaban J connectivity index is 2.45. The van der Waals surface area contributed by atoms with Crippen LogP contribution in [0.5, 0.6) is 5.75 Å². The third-order valence-electron chi connectivity index (χ3n) is 2.18. The highest BCUT2D eigenvalue weighted by molar-refractivity contribution is 5.74. The normalized spacial score (nSPS) is 11.9. The summed E-state index contributed by atoms with van der Waals surface area (Å²) >= 11 is 0. The largest absolute Gasteiger partial charge is 0.496 e. The van der Waals surface area contributed by atoms with Crippen LogP contribution >= 0.6 is 0 Å². The number of methoxy groups -OCH3 is 1. The van der Waals surface area contributed by atoms with Crippen molar-refractivity contribution in [1.29, 1.82) is 0 Å². The van der Waals surface area contributed by atoms with Gasteiger partial charge in [0, 0.05) is 6.42 Å². The van der Waals surface area contributed by atoms with Gasteiger partial charge in [-0.2, -0.15) is 0 Å². The zero-order valence-electron chi connectivity index (χ0n) is 9.60. The van der Waals surface area contributed by atoms with E-state index in [9.17, 15) is 4.79 Å². The lowest BCUT2D eigenvalue weighted by atomic mass is 10.1. The zero-order chi connectivity index (χ0) is 12.0. The molecular formula is C12H17NO3. The van der Waals surface area contributed by atoms with Gasteiger partial charge in [-0.1, -0.05) is 18.2 Å². The van der Waals surface area contributed by atoms with E-state index >= 15 is 0 Å². The van der Waals surface area contributed by atoms with Crippen LogP contribution in [0.3, 0.4) is 0 Å². The number of carbonyl (C=O) groups excluding carboxylic acids is 1. The van der Waals surface area contributed by atoms with E-state index in [1.807, 2.05) is 24.3 Å². The van der Waals surface area contributed by atoms with Crippen molar-refractivity contribution in [2.45, 2.75) is 19.4 Å². The summed E-state index contributed by atoms with van der Waals surface area (Å²) < 4.78 is 10.2. The van der Waals surface area contributed by atoms with Gasteiger partial charge in [-0.25, -0.2) is 0 Å². The second-order valence-corrected chi connectivity index (χ2v) is 3.52. The third-order valence-corrected chi connectivity index (χ3v) is 2.18. The minimum atomic E-state index is -0.572. The van der Waals surface area contributed by atoms with Crippen molar-refractivity contribution in [3.05, 3.63) is 29.8 Å². The van der Waals surface area contributed by atoms with Crippen molar-refractivity contribution in [2.75, 3.05) is 13.7 Å². The van der Waals surface area contributed by atoms with Crippen LogP contribution in [0.2, 0.25) is 0 Å². The van der Waals surface area contributed by atoms with Crippen LogP contribution in [-0.4, -0.2) is 25.7 Å². The zero-order valence-corrected chi connectivity index (χ0v) is 9.60. The fourth-order valence-electron chi connectivity index (χ4n) is 1.30. The molecule has 0 amide bonds. The molecule has 0 fully saturated rings. The van der Waals surface area contributed by atoms with E-state index in [1.165, 1.54) is 0 Å². The second kappa shape index (κ2) is 6.12. The van der Waals surface area contributed by atoms with E-state index < -0.39 is 6.04 Å². The SMILES string of the molecule is COc1ccccc1CCOC(=O)C(C)N. The van der Waals surface area contributed by atoms with Gasteiger partial charge in [0.15, 0.2) is 0 Å². The van der Waals surface area contributed by atoms with Gasteiger partial charge in [0.05, 0.1) is 13.7 Å². The van der Waals surface area contributed by atoms with Crippen LogP contribution in [0, 0.1) is 0 Å². The lowest BCUT2D eigenvalue weighted by molar-refractivity contribution is -0.144.